The van der Waals surface area contributed by atoms with Crippen LogP contribution < -0.4 is 20.2 Å². The molecule has 0 aliphatic heterocycles. The minimum absolute atomic E-state index is 0.0562. The van der Waals surface area contributed by atoms with Gasteiger partial charge in [-0.1, -0.05) is 32.4 Å². The molecule has 1 heterocycles. The third-order valence-corrected chi connectivity index (χ3v) is 4.68. The Morgan fingerprint density at radius 2 is 2.09 bits per heavy atom. The third kappa shape index (κ3) is 6.26. The molecule has 2 rings (SSSR count). The fourth-order valence-corrected chi connectivity index (χ4v) is 2.85. The SMILES string of the molecule is C=CC(C)Cn1cc(C(=O)NCc2ccc(F)cc2F)c(=O)c(OCCCC)c1OC=O. The second-order valence-corrected chi connectivity index (χ2v) is 7.21. The summed E-state index contributed by atoms with van der Waals surface area (Å²) in [6, 6.07) is 2.98. The Morgan fingerprint density at radius 1 is 1.34 bits per heavy atom. The average molecular weight is 448 g/mol. The Morgan fingerprint density at radius 3 is 2.72 bits per heavy atom. The maximum Gasteiger partial charge on any atom is 0.299 e. The number of nitrogens with zero attached hydrogens (tertiary/aromatic N) is 1. The second-order valence-electron chi connectivity index (χ2n) is 7.21. The second kappa shape index (κ2) is 11.8. The van der Waals surface area contributed by atoms with Gasteiger partial charge in [-0.15, -0.1) is 6.58 Å². The van der Waals surface area contributed by atoms with E-state index in [0.717, 1.165) is 12.5 Å². The first-order chi connectivity index (χ1) is 15.3. The van der Waals surface area contributed by atoms with Gasteiger partial charge in [-0.05, 0) is 18.4 Å². The zero-order valence-corrected chi connectivity index (χ0v) is 18.0. The van der Waals surface area contributed by atoms with Crippen LogP contribution in [0.3, 0.4) is 0 Å². The fraction of sp³-hybridized carbons (Fsp3) is 0.348. The molecular formula is C23H26F2N2O5. The molecule has 0 saturated carbocycles. The van der Waals surface area contributed by atoms with E-state index in [4.69, 9.17) is 9.47 Å². The first-order valence-corrected chi connectivity index (χ1v) is 10.2. The van der Waals surface area contributed by atoms with E-state index in [2.05, 4.69) is 11.9 Å². The lowest BCUT2D eigenvalue weighted by atomic mass is 10.1. The van der Waals surface area contributed by atoms with Crippen molar-refractivity contribution in [3.8, 4) is 11.6 Å². The number of allylic oxidation sites excluding steroid dienone is 1. The number of aromatic nitrogens is 1. The van der Waals surface area contributed by atoms with E-state index in [-0.39, 0.29) is 54.8 Å². The highest BCUT2D eigenvalue weighted by molar-refractivity contribution is 5.94. The highest BCUT2D eigenvalue weighted by Crippen LogP contribution is 2.25. The van der Waals surface area contributed by atoms with Gasteiger partial charge in [0.2, 0.25) is 17.1 Å². The van der Waals surface area contributed by atoms with Crippen LogP contribution in [0.25, 0.3) is 0 Å². The van der Waals surface area contributed by atoms with Crippen molar-refractivity contribution in [1.29, 1.82) is 0 Å². The van der Waals surface area contributed by atoms with E-state index in [1.165, 1.54) is 16.8 Å². The minimum Gasteiger partial charge on any atom is -0.485 e. The Balaban J connectivity index is 2.44. The van der Waals surface area contributed by atoms with Gasteiger partial charge in [0.25, 0.3) is 12.4 Å². The number of nitrogens with one attached hydrogen (secondary N) is 1. The molecule has 2 aromatic rings. The van der Waals surface area contributed by atoms with Crippen molar-refractivity contribution in [1.82, 2.24) is 9.88 Å². The van der Waals surface area contributed by atoms with Gasteiger partial charge in [-0.3, -0.25) is 14.4 Å². The summed E-state index contributed by atoms with van der Waals surface area (Å²) in [5, 5.41) is 2.46. The maximum absolute atomic E-state index is 13.9. The molecule has 172 valence electrons. The van der Waals surface area contributed by atoms with Crippen LogP contribution in [0.5, 0.6) is 11.6 Å². The number of unbranched alkanes of at least 4 members (excludes halogenated alkanes) is 1. The van der Waals surface area contributed by atoms with E-state index in [1.807, 2.05) is 13.8 Å². The number of carbonyl (C=O) groups is 2. The molecular weight excluding hydrogens is 422 g/mol. The lowest BCUT2D eigenvalue weighted by Crippen LogP contribution is -2.31. The molecule has 0 fully saturated rings. The lowest BCUT2D eigenvalue weighted by molar-refractivity contribution is -0.121. The van der Waals surface area contributed by atoms with E-state index < -0.39 is 23.0 Å². The van der Waals surface area contributed by atoms with Crippen LogP contribution >= 0.6 is 0 Å². The summed E-state index contributed by atoms with van der Waals surface area (Å²) in [6.07, 6.45) is 4.36. The van der Waals surface area contributed by atoms with Crippen LogP contribution in [0, 0.1) is 17.6 Å². The van der Waals surface area contributed by atoms with Crippen LogP contribution in [0.2, 0.25) is 0 Å². The van der Waals surface area contributed by atoms with Crippen LogP contribution in [0.1, 0.15) is 42.6 Å². The number of carbonyl (C=O) groups excluding carboxylic acids is 2. The Hall–Kier alpha value is -3.49. The first-order valence-electron chi connectivity index (χ1n) is 10.2. The molecule has 0 spiro atoms. The molecule has 0 aliphatic rings. The predicted molar refractivity (Wildman–Crippen MR) is 115 cm³/mol. The third-order valence-electron chi connectivity index (χ3n) is 4.68. The Labute approximate surface area is 184 Å². The lowest BCUT2D eigenvalue weighted by Gasteiger charge is -2.19. The molecule has 1 aromatic heterocycles. The van der Waals surface area contributed by atoms with Crippen molar-refractivity contribution in [3.05, 3.63) is 70.0 Å². The van der Waals surface area contributed by atoms with Gasteiger partial charge in [0, 0.05) is 30.9 Å². The van der Waals surface area contributed by atoms with Gasteiger partial charge in [0.15, 0.2) is 0 Å². The predicted octanol–water partition coefficient (Wildman–Crippen LogP) is 3.59. The zero-order chi connectivity index (χ0) is 23.7. The van der Waals surface area contributed by atoms with Crippen molar-refractivity contribution in [2.75, 3.05) is 6.61 Å². The summed E-state index contributed by atoms with van der Waals surface area (Å²) in [6.45, 7) is 7.86. The quantitative estimate of drug-likeness (QED) is 0.305. The molecule has 1 aromatic carbocycles. The maximum atomic E-state index is 13.9. The van der Waals surface area contributed by atoms with Crippen LogP contribution in [0.4, 0.5) is 8.78 Å². The Kier molecular flexibility index (Phi) is 9.12. The summed E-state index contributed by atoms with van der Waals surface area (Å²) in [7, 11) is 0. The van der Waals surface area contributed by atoms with Gasteiger partial charge in [0.1, 0.15) is 17.2 Å². The smallest absolute Gasteiger partial charge is 0.299 e. The highest BCUT2D eigenvalue weighted by atomic mass is 19.1. The molecule has 0 bridgehead atoms. The molecule has 32 heavy (non-hydrogen) atoms. The largest absolute Gasteiger partial charge is 0.485 e. The number of ether oxygens (including phenoxy) is 2. The average Bonchev–Trinajstić information content (AvgIpc) is 2.76. The number of rotatable bonds is 12. The first kappa shape index (κ1) is 24.8. The molecule has 0 aliphatic carbocycles. The molecule has 1 atom stereocenters. The van der Waals surface area contributed by atoms with E-state index in [0.29, 0.717) is 12.5 Å². The standard InChI is InChI=1S/C23H26F2N2O5/c1-4-6-9-31-21-20(29)18(13-27(12-15(3)5-2)23(21)32-14-28)22(30)26-11-16-7-8-17(24)10-19(16)25/h5,7-8,10,13-15H,2,4,6,9,11-12H2,1,3H3,(H,26,30). The van der Waals surface area contributed by atoms with E-state index in [9.17, 15) is 23.2 Å². The van der Waals surface area contributed by atoms with E-state index in [1.54, 1.807) is 6.08 Å². The number of halogens is 2. The topological polar surface area (TPSA) is 86.6 Å². The monoisotopic (exact) mass is 448 g/mol. The zero-order valence-electron chi connectivity index (χ0n) is 18.0. The van der Waals surface area contributed by atoms with E-state index >= 15 is 0 Å². The number of hydrogen-bond donors (Lipinski definition) is 1. The Bertz CT molecular complexity index is 1040. The van der Waals surface area contributed by atoms with Gasteiger partial charge < -0.3 is 19.4 Å². The number of amides is 1. The van der Waals surface area contributed by atoms with Gasteiger partial charge in [0.05, 0.1) is 6.61 Å². The van der Waals surface area contributed by atoms with Crippen LogP contribution in [-0.2, 0) is 17.9 Å². The van der Waals surface area contributed by atoms with Crippen molar-refractivity contribution < 1.29 is 27.8 Å². The minimum atomic E-state index is -0.819. The van der Waals surface area contributed by atoms with Gasteiger partial charge in [-0.2, -0.15) is 0 Å². The van der Waals surface area contributed by atoms with Crippen LogP contribution in [-0.4, -0.2) is 23.6 Å². The summed E-state index contributed by atoms with van der Waals surface area (Å²) >= 11 is 0. The molecule has 9 heteroatoms. The van der Waals surface area contributed by atoms with Crippen molar-refractivity contribution in [2.24, 2.45) is 5.92 Å². The molecule has 1 unspecified atom stereocenters. The number of pyridine rings is 1. The molecule has 7 nitrogen and oxygen atoms in total. The number of hydrogen-bond acceptors (Lipinski definition) is 5. The summed E-state index contributed by atoms with van der Waals surface area (Å²) in [4.78, 5) is 36.8. The summed E-state index contributed by atoms with van der Waals surface area (Å²) in [5.41, 5.74) is -0.980. The molecule has 0 saturated heterocycles. The van der Waals surface area contributed by atoms with Gasteiger partial charge >= 0.3 is 0 Å². The van der Waals surface area contributed by atoms with Crippen molar-refractivity contribution in [3.63, 3.8) is 0 Å². The number of benzene rings is 1. The molecule has 1 N–H and O–H groups in total. The summed E-state index contributed by atoms with van der Waals surface area (Å²) < 4.78 is 39.0. The highest BCUT2D eigenvalue weighted by Gasteiger charge is 2.23. The molecule has 0 radical (unpaired) electrons. The fourth-order valence-electron chi connectivity index (χ4n) is 2.85. The van der Waals surface area contributed by atoms with Crippen LogP contribution in [0.15, 0.2) is 41.8 Å². The molecule has 1 amide bonds. The van der Waals surface area contributed by atoms with Gasteiger partial charge in [-0.25, -0.2) is 8.78 Å². The van der Waals surface area contributed by atoms with Crippen molar-refractivity contribution >= 4 is 12.4 Å². The normalized spacial score (nSPS) is 11.5. The summed E-state index contributed by atoms with van der Waals surface area (Å²) in [5.74, 6) is -2.80. The van der Waals surface area contributed by atoms with Crippen molar-refractivity contribution in [2.45, 2.75) is 39.8 Å².